The molecule has 1 heterocycles. The fourth-order valence-electron chi connectivity index (χ4n) is 1.86. The molecular weight excluding hydrogens is 276 g/mol. The van der Waals surface area contributed by atoms with Crippen molar-refractivity contribution >= 4 is 23.2 Å². The maximum atomic E-state index is 12.0. The number of halogens is 1. The summed E-state index contributed by atoms with van der Waals surface area (Å²) >= 11 is 6.01. The van der Waals surface area contributed by atoms with E-state index in [4.69, 9.17) is 16.0 Å². The van der Waals surface area contributed by atoms with Crippen LogP contribution in [0.2, 0.25) is 5.02 Å². The second-order valence-corrected chi connectivity index (χ2v) is 5.04. The molecule has 0 radical (unpaired) electrons. The van der Waals surface area contributed by atoms with Gasteiger partial charge in [-0.2, -0.15) is 0 Å². The number of amides is 1. The van der Waals surface area contributed by atoms with E-state index in [1.54, 1.807) is 18.4 Å². The summed E-state index contributed by atoms with van der Waals surface area (Å²) in [6.07, 6.45) is 1.63. The summed E-state index contributed by atoms with van der Waals surface area (Å²) in [6.45, 7) is 2.24. The van der Waals surface area contributed by atoms with Gasteiger partial charge in [-0.05, 0) is 38.2 Å². The Bertz CT molecular complexity index is 569. The molecule has 0 saturated carbocycles. The van der Waals surface area contributed by atoms with E-state index in [1.165, 1.54) is 0 Å². The summed E-state index contributed by atoms with van der Waals surface area (Å²) < 4.78 is 5.34. The Hall–Kier alpha value is -1.78. The molecule has 0 aliphatic heterocycles. The van der Waals surface area contributed by atoms with Gasteiger partial charge in [0.1, 0.15) is 5.76 Å². The fourth-order valence-corrected chi connectivity index (χ4v) is 2.04. The normalized spacial score (nSPS) is 12.4. The molecule has 1 aromatic heterocycles. The van der Waals surface area contributed by atoms with Crippen molar-refractivity contribution in [1.29, 1.82) is 0 Å². The Morgan fingerprint density at radius 1 is 1.35 bits per heavy atom. The Morgan fingerprint density at radius 2 is 2.10 bits per heavy atom. The molecule has 0 bridgehead atoms. The number of benzene rings is 1. The first-order chi connectivity index (χ1) is 9.58. The van der Waals surface area contributed by atoms with Crippen LogP contribution in [0.3, 0.4) is 0 Å². The van der Waals surface area contributed by atoms with Gasteiger partial charge in [0, 0.05) is 0 Å². The molecule has 2 aromatic rings. The lowest BCUT2D eigenvalue weighted by Crippen LogP contribution is -2.32. The second-order valence-electron chi connectivity index (χ2n) is 4.63. The molecule has 0 aliphatic rings. The Balaban J connectivity index is 1.93. The Labute approximate surface area is 123 Å². The first-order valence-corrected chi connectivity index (χ1v) is 6.73. The lowest BCUT2D eigenvalue weighted by molar-refractivity contribution is -0.117. The van der Waals surface area contributed by atoms with E-state index in [2.05, 4.69) is 5.32 Å². The quantitative estimate of drug-likeness (QED) is 0.916. The summed E-state index contributed by atoms with van der Waals surface area (Å²) in [6, 6.07) is 10.9. The van der Waals surface area contributed by atoms with Crippen LogP contribution in [0.1, 0.15) is 18.7 Å². The van der Waals surface area contributed by atoms with E-state index in [0.717, 1.165) is 5.76 Å². The van der Waals surface area contributed by atoms with Crippen molar-refractivity contribution < 1.29 is 9.21 Å². The zero-order chi connectivity index (χ0) is 14.5. The lowest BCUT2D eigenvalue weighted by atomic mass is 10.2. The minimum atomic E-state index is -0.112. The maximum absolute atomic E-state index is 12.0. The zero-order valence-electron chi connectivity index (χ0n) is 11.5. The van der Waals surface area contributed by atoms with Crippen LogP contribution in [0.4, 0.5) is 5.69 Å². The number of nitrogens with zero attached hydrogens (tertiary/aromatic N) is 1. The van der Waals surface area contributed by atoms with Gasteiger partial charge < -0.3 is 9.73 Å². The average molecular weight is 293 g/mol. The number of nitrogens with one attached hydrogen (secondary N) is 1. The van der Waals surface area contributed by atoms with Gasteiger partial charge in [0.05, 0.1) is 29.6 Å². The molecular formula is C15H17ClN2O2. The van der Waals surface area contributed by atoms with Crippen molar-refractivity contribution in [3.8, 4) is 0 Å². The molecule has 0 saturated heterocycles. The fraction of sp³-hybridized carbons (Fsp3) is 0.267. The summed E-state index contributed by atoms with van der Waals surface area (Å²) in [4.78, 5) is 13.9. The van der Waals surface area contributed by atoms with E-state index < -0.39 is 0 Å². The van der Waals surface area contributed by atoms with Crippen LogP contribution in [0, 0.1) is 0 Å². The minimum Gasteiger partial charge on any atom is -0.468 e. The first-order valence-electron chi connectivity index (χ1n) is 6.36. The minimum absolute atomic E-state index is 0.0296. The van der Waals surface area contributed by atoms with Crippen LogP contribution in [0.25, 0.3) is 0 Å². The van der Waals surface area contributed by atoms with Crippen molar-refractivity contribution in [2.24, 2.45) is 0 Å². The molecule has 5 heteroatoms. The number of hydrogen-bond acceptors (Lipinski definition) is 3. The molecule has 1 amide bonds. The predicted molar refractivity (Wildman–Crippen MR) is 79.8 cm³/mol. The zero-order valence-corrected chi connectivity index (χ0v) is 12.2. The molecule has 0 fully saturated rings. The Morgan fingerprint density at radius 3 is 2.75 bits per heavy atom. The van der Waals surface area contributed by atoms with E-state index in [9.17, 15) is 4.79 Å². The highest BCUT2D eigenvalue weighted by atomic mass is 35.5. The number of para-hydroxylation sites is 1. The lowest BCUT2D eigenvalue weighted by Gasteiger charge is -2.22. The second kappa shape index (κ2) is 6.59. The highest BCUT2D eigenvalue weighted by molar-refractivity contribution is 6.33. The predicted octanol–water partition coefficient (Wildman–Crippen LogP) is 3.56. The maximum Gasteiger partial charge on any atom is 0.238 e. The molecule has 0 aliphatic carbocycles. The third-order valence-electron chi connectivity index (χ3n) is 3.16. The van der Waals surface area contributed by atoms with Crippen molar-refractivity contribution in [3.05, 3.63) is 53.4 Å². The number of carbonyl (C=O) groups excluding carboxylic acids is 1. The van der Waals surface area contributed by atoms with Crippen molar-refractivity contribution in [3.63, 3.8) is 0 Å². The molecule has 4 nitrogen and oxygen atoms in total. The molecule has 106 valence electrons. The number of likely N-dealkylation sites (N-methyl/N-ethyl adjacent to an activating group) is 1. The highest BCUT2D eigenvalue weighted by Crippen LogP contribution is 2.21. The third-order valence-corrected chi connectivity index (χ3v) is 3.49. The largest absolute Gasteiger partial charge is 0.468 e. The number of carbonyl (C=O) groups is 1. The van der Waals surface area contributed by atoms with Crippen LogP contribution in [0.15, 0.2) is 47.1 Å². The van der Waals surface area contributed by atoms with E-state index in [1.807, 2.05) is 43.1 Å². The van der Waals surface area contributed by atoms with Gasteiger partial charge in [-0.15, -0.1) is 0 Å². The molecule has 1 atom stereocenters. The van der Waals surface area contributed by atoms with E-state index in [-0.39, 0.29) is 18.5 Å². The number of furan rings is 1. The average Bonchev–Trinajstić information content (AvgIpc) is 2.94. The van der Waals surface area contributed by atoms with Crippen molar-refractivity contribution in [2.75, 3.05) is 18.9 Å². The topological polar surface area (TPSA) is 45.5 Å². The van der Waals surface area contributed by atoms with Crippen LogP contribution in [0.5, 0.6) is 0 Å². The number of anilines is 1. The molecule has 1 N–H and O–H groups in total. The summed E-state index contributed by atoms with van der Waals surface area (Å²) in [5, 5.41) is 3.33. The Kier molecular flexibility index (Phi) is 4.82. The molecule has 1 aromatic carbocycles. The SMILES string of the molecule is CC(c1ccco1)N(C)CC(=O)Nc1ccccc1Cl. The van der Waals surface area contributed by atoms with E-state index in [0.29, 0.717) is 10.7 Å². The molecule has 2 rings (SSSR count). The van der Waals surface area contributed by atoms with Crippen LogP contribution >= 0.6 is 11.6 Å². The van der Waals surface area contributed by atoms with Crippen molar-refractivity contribution in [1.82, 2.24) is 4.90 Å². The van der Waals surface area contributed by atoms with Gasteiger partial charge in [-0.1, -0.05) is 23.7 Å². The van der Waals surface area contributed by atoms with Gasteiger partial charge in [0.2, 0.25) is 5.91 Å². The monoisotopic (exact) mass is 292 g/mol. The highest BCUT2D eigenvalue weighted by Gasteiger charge is 2.17. The smallest absolute Gasteiger partial charge is 0.238 e. The summed E-state index contributed by atoms with van der Waals surface area (Å²) in [5.74, 6) is 0.719. The van der Waals surface area contributed by atoms with Crippen LogP contribution in [-0.2, 0) is 4.79 Å². The number of hydrogen-bond donors (Lipinski definition) is 1. The van der Waals surface area contributed by atoms with Crippen LogP contribution < -0.4 is 5.32 Å². The van der Waals surface area contributed by atoms with E-state index >= 15 is 0 Å². The van der Waals surface area contributed by atoms with Gasteiger partial charge in [0.15, 0.2) is 0 Å². The standard InChI is InChI=1S/C15H17ClN2O2/c1-11(14-8-5-9-20-14)18(2)10-15(19)17-13-7-4-3-6-12(13)16/h3-9,11H,10H2,1-2H3,(H,17,19). The van der Waals surface area contributed by atoms with Gasteiger partial charge in [-0.25, -0.2) is 0 Å². The van der Waals surface area contributed by atoms with Crippen molar-refractivity contribution in [2.45, 2.75) is 13.0 Å². The van der Waals surface area contributed by atoms with Gasteiger partial charge in [-0.3, -0.25) is 9.69 Å². The van der Waals surface area contributed by atoms with Gasteiger partial charge >= 0.3 is 0 Å². The summed E-state index contributed by atoms with van der Waals surface area (Å²) in [7, 11) is 1.87. The summed E-state index contributed by atoms with van der Waals surface area (Å²) in [5.41, 5.74) is 0.623. The molecule has 20 heavy (non-hydrogen) atoms. The first kappa shape index (κ1) is 14.6. The van der Waals surface area contributed by atoms with Crippen LogP contribution in [-0.4, -0.2) is 24.4 Å². The number of rotatable bonds is 5. The van der Waals surface area contributed by atoms with Gasteiger partial charge in [0.25, 0.3) is 0 Å². The molecule has 0 spiro atoms. The third kappa shape index (κ3) is 3.62. The molecule has 1 unspecified atom stereocenters.